The van der Waals surface area contributed by atoms with E-state index in [1.54, 1.807) is 12.1 Å². The van der Waals surface area contributed by atoms with Crippen molar-refractivity contribution in [3.05, 3.63) is 65.4 Å². The van der Waals surface area contributed by atoms with Crippen LogP contribution in [-0.2, 0) is 0 Å². The van der Waals surface area contributed by atoms with Crippen LogP contribution in [0.1, 0.15) is 29.0 Å². The van der Waals surface area contributed by atoms with Gasteiger partial charge in [-0.2, -0.15) is 0 Å². The molecule has 0 bridgehead atoms. The summed E-state index contributed by atoms with van der Waals surface area (Å²) >= 11 is 0. The van der Waals surface area contributed by atoms with Gasteiger partial charge < -0.3 is 4.42 Å². The van der Waals surface area contributed by atoms with Crippen molar-refractivity contribution in [2.45, 2.75) is 20.6 Å². The number of furan rings is 1. The van der Waals surface area contributed by atoms with Crippen molar-refractivity contribution >= 4 is 32.7 Å². The summed E-state index contributed by atoms with van der Waals surface area (Å²) in [4.78, 5) is 4.25. The van der Waals surface area contributed by atoms with Gasteiger partial charge in [0.15, 0.2) is 0 Å². The van der Waals surface area contributed by atoms with Gasteiger partial charge in [-0.25, -0.2) is 0 Å². The van der Waals surface area contributed by atoms with E-state index in [0.717, 1.165) is 17.0 Å². The fraction of sp³-hybridized carbons (Fsp3) is 0.136. The SMILES string of the molecule is [2H]C([2H])([2H])c1cnc(-c2ccc3ccc4ccc(C([2H])([2H])[2H])c5oc2c3c45)cc1C([2H])([2H])[2H]. The minimum absolute atomic E-state index is 0.0820. The zero-order valence-electron chi connectivity index (χ0n) is 21.5. The van der Waals surface area contributed by atoms with Crippen molar-refractivity contribution in [3.63, 3.8) is 0 Å². The Kier molecular flexibility index (Phi) is 1.40. The summed E-state index contributed by atoms with van der Waals surface area (Å²) in [6.07, 6.45) is 1.07. The molecule has 5 rings (SSSR count). The molecule has 2 nitrogen and oxygen atoms in total. The predicted octanol–water partition coefficient (Wildman–Crippen LogP) is 6.16. The molecule has 5 aromatic rings. The second kappa shape index (κ2) is 4.57. The average Bonchev–Trinajstić information content (AvgIpc) is 3.10. The lowest BCUT2D eigenvalue weighted by atomic mass is 9.97. The highest BCUT2D eigenvalue weighted by atomic mass is 16.3. The van der Waals surface area contributed by atoms with Crippen LogP contribution >= 0.6 is 0 Å². The van der Waals surface area contributed by atoms with Gasteiger partial charge in [0, 0.05) is 34.9 Å². The first-order valence-corrected chi connectivity index (χ1v) is 7.49. The smallest absolute Gasteiger partial charge is 0.145 e. The Morgan fingerprint density at radius 2 is 1.50 bits per heavy atom. The Hall–Kier alpha value is -2.87. The molecule has 0 saturated heterocycles. The van der Waals surface area contributed by atoms with Crippen LogP contribution in [0.15, 0.2) is 53.1 Å². The van der Waals surface area contributed by atoms with Crippen molar-refractivity contribution in [3.8, 4) is 11.3 Å². The van der Waals surface area contributed by atoms with Crippen LogP contribution in [0.3, 0.4) is 0 Å². The van der Waals surface area contributed by atoms with Gasteiger partial charge in [-0.15, -0.1) is 0 Å². The molecule has 2 heterocycles. The second-order valence-electron chi connectivity index (χ2n) is 5.86. The molecule has 0 spiro atoms. The standard InChI is InChI=1S/C22H17NO/c1-12-4-5-15-6-7-16-8-9-17(18-10-13(2)14(3)11-23-18)22-20(16)19(15)21(12)24-22/h4-11H,1-3H3/i1D3,2D3,3D3. The number of aromatic nitrogens is 1. The molecule has 0 aliphatic heterocycles. The highest BCUT2D eigenvalue weighted by Gasteiger charge is 2.18. The summed E-state index contributed by atoms with van der Waals surface area (Å²) < 4.78 is 76.3. The maximum absolute atomic E-state index is 7.89. The van der Waals surface area contributed by atoms with Crippen LogP contribution in [0.5, 0.6) is 0 Å². The summed E-state index contributed by atoms with van der Waals surface area (Å²) in [6, 6.07) is 11.8. The van der Waals surface area contributed by atoms with E-state index in [1.165, 1.54) is 12.1 Å². The fourth-order valence-electron chi connectivity index (χ4n) is 3.29. The summed E-state index contributed by atoms with van der Waals surface area (Å²) in [7, 11) is 0. The quantitative estimate of drug-likeness (QED) is 0.345. The van der Waals surface area contributed by atoms with Gasteiger partial charge in [0.05, 0.1) is 5.69 Å². The largest absolute Gasteiger partial charge is 0.455 e. The first-order chi connectivity index (χ1) is 15.3. The van der Waals surface area contributed by atoms with E-state index in [-0.39, 0.29) is 28.0 Å². The maximum Gasteiger partial charge on any atom is 0.145 e. The number of rotatable bonds is 1. The topological polar surface area (TPSA) is 26.0 Å². The van der Waals surface area contributed by atoms with Crippen molar-refractivity contribution in [1.82, 2.24) is 4.98 Å². The van der Waals surface area contributed by atoms with E-state index < -0.39 is 20.6 Å². The van der Waals surface area contributed by atoms with E-state index in [1.807, 2.05) is 18.2 Å². The van der Waals surface area contributed by atoms with Gasteiger partial charge >= 0.3 is 0 Å². The minimum Gasteiger partial charge on any atom is -0.455 e. The van der Waals surface area contributed by atoms with Crippen molar-refractivity contribution < 1.29 is 16.8 Å². The summed E-state index contributed by atoms with van der Waals surface area (Å²) in [5.41, 5.74) is 0.734. The molecule has 2 aromatic heterocycles. The Balaban J connectivity index is 1.86. The molecule has 0 unspecified atom stereocenters. The molecular formula is C22H17NO. The minimum atomic E-state index is -2.66. The first-order valence-electron chi connectivity index (χ1n) is 12.0. The highest BCUT2D eigenvalue weighted by Crippen LogP contribution is 2.42. The molecule has 0 atom stereocenters. The lowest BCUT2D eigenvalue weighted by Gasteiger charge is -2.07. The lowest BCUT2D eigenvalue weighted by Crippen LogP contribution is -1.89. The number of hydrogen-bond donors (Lipinski definition) is 0. The Morgan fingerprint density at radius 1 is 0.792 bits per heavy atom. The normalized spacial score (nSPS) is 19.1. The van der Waals surface area contributed by atoms with Gasteiger partial charge in [-0.05, 0) is 60.2 Å². The van der Waals surface area contributed by atoms with Crippen LogP contribution < -0.4 is 0 Å². The molecule has 0 N–H and O–H groups in total. The molecule has 0 fully saturated rings. The Labute approximate surface area is 152 Å². The van der Waals surface area contributed by atoms with Crippen LogP contribution in [0.4, 0.5) is 0 Å². The summed E-state index contributed by atoms with van der Waals surface area (Å²) in [5, 5.41) is 3.03. The van der Waals surface area contributed by atoms with Crippen LogP contribution in [0.2, 0.25) is 0 Å². The van der Waals surface area contributed by atoms with Crippen molar-refractivity contribution in [2.75, 3.05) is 0 Å². The number of aryl methyl sites for hydroxylation is 3. The van der Waals surface area contributed by atoms with Gasteiger partial charge in [-0.1, -0.05) is 30.3 Å². The number of hydrogen-bond acceptors (Lipinski definition) is 2. The molecule has 3 aromatic carbocycles. The zero-order chi connectivity index (χ0) is 23.9. The predicted molar refractivity (Wildman–Crippen MR) is 99.9 cm³/mol. The van der Waals surface area contributed by atoms with Gasteiger partial charge in [-0.3, -0.25) is 4.98 Å². The number of nitrogens with zero attached hydrogens (tertiary/aromatic N) is 1. The molecule has 0 radical (unpaired) electrons. The molecular weight excluding hydrogens is 294 g/mol. The fourth-order valence-corrected chi connectivity index (χ4v) is 3.29. The van der Waals surface area contributed by atoms with Gasteiger partial charge in [0.2, 0.25) is 0 Å². The Bertz CT molecular complexity index is 1520. The van der Waals surface area contributed by atoms with E-state index in [9.17, 15) is 0 Å². The monoisotopic (exact) mass is 320 g/mol. The number of pyridine rings is 1. The highest BCUT2D eigenvalue weighted by molar-refractivity contribution is 6.24. The van der Waals surface area contributed by atoms with Crippen LogP contribution in [0.25, 0.3) is 44.0 Å². The third-order valence-electron chi connectivity index (χ3n) is 4.46. The maximum atomic E-state index is 7.89. The van der Waals surface area contributed by atoms with E-state index in [2.05, 4.69) is 4.98 Å². The molecule has 0 amide bonds. The molecule has 0 saturated carbocycles. The zero-order valence-corrected chi connectivity index (χ0v) is 12.5. The lowest BCUT2D eigenvalue weighted by molar-refractivity contribution is 0.667. The van der Waals surface area contributed by atoms with Crippen LogP contribution in [-0.4, -0.2) is 4.98 Å². The van der Waals surface area contributed by atoms with E-state index in [0.29, 0.717) is 21.9 Å². The molecule has 24 heavy (non-hydrogen) atoms. The third kappa shape index (κ3) is 1.68. The van der Waals surface area contributed by atoms with Gasteiger partial charge in [0.1, 0.15) is 11.2 Å². The third-order valence-corrected chi connectivity index (χ3v) is 4.46. The average molecular weight is 320 g/mol. The van der Waals surface area contributed by atoms with Crippen LogP contribution in [0, 0.1) is 20.6 Å². The van der Waals surface area contributed by atoms with Gasteiger partial charge in [0.25, 0.3) is 0 Å². The molecule has 0 aliphatic carbocycles. The summed E-state index contributed by atoms with van der Waals surface area (Å²) in [6.45, 7) is -7.69. The van der Waals surface area contributed by atoms with E-state index >= 15 is 0 Å². The number of benzene rings is 3. The molecule has 116 valence electrons. The van der Waals surface area contributed by atoms with Crippen molar-refractivity contribution in [1.29, 1.82) is 0 Å². The molecule has 2 heteroatoms. The summed E-state index contributed by atoms with van der Waals surface area (Å²) in [5.74, 6) is 0. The van der Waals surface area contributed by atoms with Crippen molar-refractivity contribution in [2.24, 2.45) is 0 Å². The Morgan fingerprint density at radius 3 is 2.29 bits per heavy atom. The first kappa shape index (κ1) is 7.35. The molecule has 0 aliphatic rings. The second-order valence-corrected chi connectivity index (χ2v) is 5.86. The van der Waals surface area contributed by atoms with E-state index in [4.69, 9.17) is 16.8 Å².